The first-order valence-electron chi connectivity index (χ1n) is 11.5. The monoisotopic (exact) mass is 590 g/mol. The Morgan fingerprint density at radius 2 is 1.97 bits per heavy atom. The molecule has 1 aromatic heterocycles. The van der Waals surface area contributed by atoms with Crippen LogP contribution in [0.5, 0.6) is 0 Å². The number of ether oxygens (including phenoxy) is 1. The summed E-state index contributed by atoms with van der Waals surface area (Å²) in [7, 11) is 1.27. The number of benzene rings is 2. The van der Waals surface area contributed by atoms with E-state index >= 15 is 0 Å². The SMILES string of the molecule is COC(=O)N[C@H](C(=O)N1CCCC1c1ncc(-c2cc(F)c(I)c(-c3ccccc3)c2)[nH]1)C(C)C. The number of rotatable bonds is 6. The molecule has 2 amide bonds. The fraction of sp³-hybridized carbons (Fsp3) is 0.346. The summed E-state index contributed by atoms with van der Waals surface area (Å²) in [6, 6.07) is 12.2. The van der Waals surface area contributed by atoms with Crippen LogP contribution in [0.3, 0.4) is 0 Å². The maximum atomic E-state index is 14.8. The zero-order valence-corrected chi connectivity index (χ0v) is 22.0. The van der Waals surface area contributed by atoms with Crippen molar-refractivity contribution in [2.24, 2.45) is 5.92 Å². The molecule has 2 heterocycles. The number of hydrogen-bond acceptors (Lipinski definition) is 4. The van der Waals surface area contributed by atoms with Gasteiger partial charge in [0.15, 0.2) is 0 Å². The van der Waals surface area contributed by atoms with Gasteiger partial charge < -0.3 is 19.9 Å². The van der Waals surface area contributed by atoms with Crippen molar-refractivity contribution in [2.75, 3.05) is 13.7 Å². The Balaban J connectivity index is 1.61. The van der Waals surface area contributed by atoms with Crippen molar-refractivity contribution in [3.8, 4) is 22.4 Å². The van der Waals surface area contributed by atoms with Crippen LogP contribution in [0, 0.1) is 15.3 Å². The standard InChI is InChI=1S/C26H28FIN4O3/c1-15(2)23(31-26(34)35-3)25(33)32-11-7-10-21(32)24-29-14-20(30-24)17-12-18(22(28)19(27)13-17)16-8-5-4-6-9-16/h4-6,8-9,12-15,21,23H,7,10-11H2,1-3H3,(H,29,30)(H,31,34)/t21?,23-/m0/s1. The third-order valence-electron chi connectivity index (χ3n) is 6.26. The van der Waals surface area contributed by atoms with Crippen LogP contribution in [0.1, 0.15) is 38.6 Å². The number of nitrogens with zero attached hydrogens (tertiary/aromatic N) is 2. The molecule has 0 radical (unpaired) electrons. The number of hydrogen-bond donors (Lipinski definition) is 2. The van der Waals surface area contributed by atoms with Gasteiger partial charge in [0.1, 0.15) is 17.7 Å². The van der Waals surface area contributed by atoms with E-state index in [2.05, 4.69) is 15.3 Å². The lowest BCUT2D eigenvalue weighted by molar-refractivity contribution is -0.135. The molecule has 0 spiro atoms. The van der Waals surface area contributed by atoms with E-state index in [-0.39, 0.29) is 23.7 Å². The summed E-state index contributed by atoms with van der Waals surface area (Å²) in [4.78, 5) is 34.8. The number of nitrogens with one attached hydrogen (secondary N) is 2. The number of carbonyl (C=O) groups excluding carboxylic acids is 2. The first-order valence-corrected chi connectivity index (χ1v) is 12.6. The highest BCUT2D eigenvalue weighted by Crippen LogP contribution is 2.35. The lowest BCUT2D eigenvalue weighted by Gasteiger charge is -2.30. The number of aromatic nitrogens is 2. The van der Waals surface area contributed by atoms with E-state index < -0.39 is 12.1 Å². The molecule has 1 aliphatic rings. The van der Waals surface area contributed by atoms with E-state index in [1.807, 2.05) is 72.8 Å². The quantitative estimate of drug-likeness (QED) is 0.370. The van der Waals surface area contributed by atoms with Crippen molar-refractivity contribution in [1.82, 2.24) is 20.2 Å². The Morgan fingerprint density at radius 3 is 2.66 bits per heavy atom. The molecular formula is C26H28FIN4O3. The maximum absolute atomic E-state index is 14.8. The third-order valence-corrected chi connectivity index (χ3v) is 7.36. The highest BCUT2D eigenvalue weighted by molar-refractivity contribution is 14.1. The summed E-state index contributed by atoms with van der Waals surface area (Å²) in [5.41, 5.74) is 3.11. The zero-order chi connectivity index (χ0) is 25.1. The second-order valence-corrected chi connectivity index (χ2v) is 9.99. The average molecular weight is 590 g/mol. The number of alkyl carbamates (subject to hydrolysis) is 1. The molecule has 0 aliphatic carbocycles. The Kier molecular flexibility index (Phi) is 7.73. The van der Waals surface area contributed by atoms with Crippen LogP contribution in [0.25, 0.3) is 22.4 Å². The van der Waals surface area contributed by atoms with E-state index in [0.717, 1.165) is 24.0 Å². The first kappa shape index (κ1) is 25.2. The minimum Gasteiger partial charge on any atom is -0.453 e. The summed E-state index contributed by atoms with van der Waals surface area (Å²) in [5, 5.41) is 2.65. The molecular weight excluding hydrogens is 562 g/mol. The van der Waals surface area contributed by atoms with Gasteiger partial charge in [0.25, 0.3) is 0 Å². The smallest absolute Gasteiger partial charge is 0.407 e. The van der Waals surface area contributed by atoms with Crippen molar-refractivity contribution in [3.05, 3.63) is 63.9 Å². The lowest BCUT2D eigenvalue weighted by atomic mass is 10.0. The molecule has 2 aromatic carbocycles. The minimum atomic E-state index is -0.698. The molecule has 1 unspecified atom stereocenters. The number of methoxy groups -OCH3 is 1. The van der Waals surface area contributed by atoms with Crippen LogP contribution < -0.4 is 5.32 Å². The summed E-state index contributed by atoms with van der Waals surface area (Å²) in [6.45, 7) is 4.33. The highest BCUT2D eigenvalue weighted by Gasteiger charge is 2.37. The number of H-pyrrole nitrogens is 1. The molecule has 4 rings (SSSR count). The average Bonchev–Trinajstić information content (AvgIpc) is 3.53. The van der Waals surface area contributed by atoms with E-state index in [1.165, 1.54) is 13.2 Å². The molecule has 7 nitrogen and oxygen atoms in total. The van der Waals surface area contributed by atoms with Gasteiger partial charge in [-0.05, 0) is 64.6 Å². The zero-order valence-electron chi connectivity index (χ0n) is 19.8. The number of halogens is 2. The molecule has 1 saturated heterocycles. The predicted molar refractivity (Wildman–Crippen MR) is 140 cm³/mol. The molecule has 35 heavy (non-hydrogen) atoms. The van der Waals surface area contributed by atoms with E-state index in [0.29, 0.717) is 27.2 Å². The fourth-order valence-corrected chi connectivity index (χ4v) is 5.04. The van der Waals surface area contributed by atoms with Crippen molar-refractivity contribution < 1.29 is 18.7 Å². The van der Waals surface area contributed by atoms with Gasteiger partial charge >= 0.3 is 6.09 Å². The number of likely N-dealkylation sites (tertiary alicyclic amines) is 1. The van der Waals surface area contributed by atoms with Gasteiger partial charge in [-0.15, -0.1) is 0 Å². The highest BCUT2D eigenvalue weighted by atomic mass is 127. The number of imidazole rings is 1. The Morgan fingerprint density at radius 1 is 1.23 bits per heavy atom. The van der Waals surface area contributed by atoms with Gasteiger partial charge in [-0.1, -0.05) is 44.2 Å². The van der Waals surface area contributed by atoms with Crippen LogP contribution >= 0.6 is 22.6 Å². The topological polar surface area (TPSA) is 87.3 Å². The van der Waals surface area contributed by atoms with Crippen molar-refractivity contribution in [1.29, 1.82) is 0 Å². The molecule has 9 heteroatoms. The van der Waals surface area contributed by atoms with Crippen molar-refractivity contribution >= 4 is 34.6 Å². The summed E-state index contributed by atoms with van der Waals surface area (Å²) < 4.78 is 20.1. The molecule has 0 saturated carbocycles. The molecule has 3 aromatic rings. The van der Waals surface area contributed by atoms with Crippen molar-refractivity contribution in [2.45, 2.75) is 38.8 Å². The molecule has 2 atom stereocenters. The molecule has 0 bridgehead atoms. The molecule has 2 N–H and O–H groups in total. The Bertz CT molecular complexity index is 1210. The van der Waals surface area contributed by atoms with Crippen LogP contribution in [0.15, 0.2) is 48.7 Å². The summed E-state index contributed by atoms with van der Waals surface area (Å²) >= 11 is 2.03. The van der Waals surface area contributed by atoms with Crippen LogP contribution in [0.4, 0.5) is 9.18 Å². The van der Waals surface area contributed by atoms with Gasteiger partial charge in [0, 0.05) is 12.1 Å². The Hall–Kier alpha value is -2.95. The molecule has 184 valence electrons. The Labute approximate surface area is 217 Å². The van der Waals surface area contributed by atoms with Gasteiger partial charge in [0.2, 0.25) is 5.91 Å². The molecule has 1 fully saturated rings. The number of aromatic amines is 1. The van der Waals surface area contributed by atoms with E-state index in [1.54, 1.807) is 11.1 Å². The number of carbonyl (C=O) groups is 2. The predicted octanol–water partition coefficient (Wildman–Crippen LogP) is 5.53. The third kappa shape index (κ3) is 5.34. The van der Waals surface area contributed by atoms with Crippen LogP contribution in [-0.4, -0.2) is 46.6 Å². The second-order valence-electron chi connectivity index (χ2n) is 8.92. The largest absolute Gasteiger partial charge is 0.453 e. The van der Waals surface area contributed by atoms with Gasteiger partial charge in [-0.25, -0.2) is 14.2 Å². The molecule has 1 aliphatic heterocycles. The summed E-state index contributed by atoms with van der Waals surface area (Å²) in [6.07, 6.45) is 2.62. The van der Waals surface area contributed by atoms with Crippen molar-refractivity contribution in [3.63, 3.8) is 0 Å². The minimum absolute atomic E-state index is 0.110. The van der Waals surface area contributed by atoms with Gasteiger partial charge in [-0.3, -0.25) is 4.79 Å². The van der Waals surface area contributed by atoms with Crippen LogP contribution in [0.2, 0.25) is 0 Å². The number of amides is 2. The van der Waals surface area contributed by atoms with E-state index in [9.17, 15) is 14.0 Å². The van der Waals surface area contributed by atoms with Gasteiger partial charge in [0.05, 0.1) is 28.6 Å². The van der Waals surface area contributed by atoms with E-state index in [4.69, 9.17) is 4.74 Å². The van der Waals surface area contributed by atoms with Crippen LogP contribution in [-0.2, 0) is 9.53 Å². The summed E-state index contributed by atoms with van der Waals surface area (Å²) in [5.74, 6) is 0.0646. The lowest BCUT2D eigenvalue weighted by Crippen LogP contribution is -2.51. The first-order chi connectivity index (χ1) is 16.8. The maximum Gasteiger partial charge on any atom is 0.407 e. The van der Waals surface area contributed by atoms with Gasteiger partial charge in [-0.2, -0.15) is 0 Å². The second kappa shape index (κ2) is 10.8. The normalized spacial score (nSPS) is 16.4. The fourth-order valence-electron chi connectivity index (χ4n) is 4.42.